The van der Waals surface area contributed by atoms with E-state index in [1.54, 1.807) is 0 Å². The van der Waals surface area contributed by atoms with Crippen LogP contribution in [0.1, 0.15) is 20.3 Å². The summed E-state index contributed by atoms with van der Waals surface area (Å²) in [6.45, 7) is 7.04. The van der Waals surface area contributed by atoms with Gasteiger partial charge in [-0.3, -0.25) is 4.98 Å². The second kappa shape index (κ2) is 6.48. The van der Waals surface area contributed by atoms with Crippen molar-refractivity contribution in [2.24, 2.45) is 11.7 Å². The van der Waals surface area contributed by atoms with Gasteiger partial charge in [0, 0.05) is 13.1 Å². The van der Waals surface area contributed by atoms with Gasteiger partial charge in [-0.2, -0.15) is 0 Å². The number of hydrogen-bond donors (Lipinski definition) is 1. The zero-order valence-corrected chi connectivity index (χ0v) is 11.7. The molecule has 2 N–H and O–H groups in total. The van der Waals surface area contributed by atoms with Gasteiger partial charge in [-0.05, 0) is 31.0 Å². The van der Waals surface area contributed by atoms with Crippen LogP contribution in [0.5, 0.6) is 0 Å². The summed E-state index contributed by atoms with van der Waals surface area (Å²) >= 11 is 0. The van der Waals surface area contributed by atoms with Crippen LogP contribution >= 0.6 is 0 Å². The molecule has 0 aliphatic carbocycles. The molecule has 2 aromatic rings. The number of nitrogens with two attached hydrogens (primary N) is 1. The minimum absolute atomic E-state index is 0.589. The summed E-state index contributed by atoms with van der Waals surface area (Å²) in [5.41, 5.74) is 7.50. The average Bonchev–Trinajstić information content (AvgIpc) is 2.42. The van der Waals surface area contributed by atoms with E-state index in [1.807, 2.05) is 30.5 Å². The minimum atomic E-state index is 0.589. The summed E-state index contributed by atoms with van der Waals surface area (Å²) in [6.07, 6.45) is 2.84. The van der Waals surface area contributed by atoms with Crippen LogP contribution in [0.2, 0.25) is 0 Å². The Kier molecular flexibility index (Phi) is 4.68. The molecule has 0 radical (unpaired) electrons. The van der Waals surface area contributed by atoms with Crippen LogP contribution < -0.4 is 10.6 Å². The molecular formula is C15H22N4. The molecule has 0 atom stereocenters. The van der Waals surface area contributed by atoms with Crippen LogP contribution in [0.25, 0.3) is 11.0 Å². The number of aromatic nitrogens is 2. The number of fused-ring (bicyclic) bond motifs is 1. The van der Waals surface area contributed by atoms with Crippen LogP contribution in [-0.2, 0) is 0 Å². The molecule has 19 heavy (non-hydrogen) atoms. The largest absolute Gasteiger partial charge is 0.355 e. The highest BCUT2D eigenvalue weighted by Crippen LogP contribution is 2.16. The molecule has 0 amide bonds. The second-order valence-electron chi connectivity index (χ2n) is 5.20. The first-order valence-electron chi connectivity index (χ1n) is 6.87. The lowest BCUT2D eigenvalue weighted by Crippen LogP contribution is -2.30. The minimum Gasteiger partial charge on any atom is -0.355 e. The Hall–Kier alpha value is -1.68. The summed E-state index contributed by atoms with van der Waals surface area (Å²) in [4.78, 5) is 11.5. The van der Waals surface area contributed by atoms with Crippen molar-refractivity contribution < 1.29 is 0 Å². The van der Waals surface area contributed by atoms with E-state index in [4.69, 9.17) is 10.7 Å². The number of rotatable bonds is 6. The zero-order valence-electron chi connectivity index (χ0n) is 11.7. The van der Waals surface area contributed by atoms with Gasteiger partial charge < -0.3 is 10.6 Å². The molecule has 0 spiro atoms. The summed E-state index contributed by atoms with van der Waals surface area (Å²) in [6, 6.07) is 7.96. The molecule has 0 aliphatic heterocycles. The average molecular weight is 258 g/mol. The van der Waals surface area contributed by atoms with Crippen LogP contribution in [0.3, 0.4) is 0 Å². The van der Waals surface area contributed by atoms with Gasteiger partial charge in [-0.25, -0.2) is 4.98 Å². The summed E-state index contributed by atoms with van der Waals surface area (Å²) in [7, 11) is 0. The molecular weight excluding hydrogens is 236 g/mol. The first-order valence-corrected chi connectivity index (χ1v) is 6.87. The third-order valence-electron chi connectivity index (χ3n) is 2.98. The quantitative estimate of drug-likeness (QED) is 0.864. The molecule has 1 heterocycles. The lowest BCUT2D eigenvalue weighted by molar-refractivity contribution is 0.596. The van der Waals surface area contributed by atoms with E-state index in [0.717, 1.165) is 36.4 Å². The van der Waals surface area contributed by atoms with Crippen LogP contribution in [-0.4, -0.2) is 29.6 Å². The van der Waals surface area contributed by atoms with Crippen molar-refractivity contribution in [3.05, 3.63) is 30.5 Å². The van der Waals surface area contributed by atoms with Crippen LogP contribution in [0.15, 0.2) is 30.5 Å². The van der Waals surface area contributed by atoms with Crippen molar-refractivity contribution in [2.75, 3.05) is 24.5 Å². The highest BCUT2D eigenvalue weighted by molar-refractivity contribution is 5.75. The van der Waals surface area contributed by atoms with Gasteiger partial charge in [0.25, 0.3) is 0 Å². The Morgan fingerprint density at radius 1 is 1.21 bits per heavy atom. The smallest absolute Gasteiger partial charge is 0.147 e. The fourth-order valence-corrected chi connectivity index (χ4v) is 2.12. The molecule has 0 fully saturated rings. The second-order valence-corrected chi connectivity index (χ2v) is 5.20. The van der Waals surface area contributed by atoms with E-state index in [9.17, 15) is 0 Å². The molecule has 2 rings (SSSR count). The predicted octanol–water partition coefficient (Wildman–Crippen LogP) is 2.44. The number of benzene rings is 1. The molecule has 1 aromatic heterocycles. The number of nitrogens with zero attached hydrogens (tertiary/aromatic N) is 3. The van der Waals surface area contributed by atoms with Crippen molar-refractivity contribution in [1.29, 1.82) is 0 Å². The van der Waals surface area contributed by atoms with Crippen molar-refractivity contribution in [3.63, 3.8) is 0 Å². The fourth-order valence-electron chi connectivity index (χ4n) is 2.12. The summed E-state index contributed by atoms with van der Waals surface area (Å²) in [5.74, 6) is 1.53. The zero-order chi connectivity index (χ0) is 13.7. The Morgan fingerprint density at radius 3 is 2.63 bits per heavy atom. The Bertz CT molecular complexity index is 524. The molecule has 4 nitrogen and oxygen atoms in total. The van der Waals surface area contributed by atoms with E-state index in [-0.39, 0.29) is 0 Å². The summed E-state index contributed by atoms with van der Waals surface area (Å²) in [5, 5.41) is 0. The van der Waals surface area contributed by atoms with Gasteiger partial charge in [0.2, 0.25) is 0 Å². The normalized spacial score (nSPS) is 11.2. The first kappa shape index (κ1) is 13.7. The van der Waals surface area contributed by atoms with Gasteiger partial charge in [0.1, 0.15) is 5.82 Å². The highest BCUT2D eigenvalue weighted by Gasteiger charge is 2.10. The van der Waals surface area contributed by atoms with E-state index >= 15 is 0 Å². The maximum absolute atomic E-state index is 5.61. The first-order chi connectivity index (χ1) is 9.20. The highest BCUT2D eigenvalue weighted by atomic mass is 15.2. The van der Waals surface area contributed by atoms with Gasteiger partial charge in [-0.1, -0.05) is 26.0 Å². The van der Waals surface area contributed by atoms with Crippen molar-refractivity contribution >= 4 is 16.9 Å². The van der Waals surface area contributed by atoms with Crippen LogP contribution in [0.4, 0.5) is 5.82 Å². The van der Waals surface area contributed by atoms with Crippen molar-refractivity contribution in [3.8, 4) is 0 Å². The molecule has 1 aromatic carbocycles. The van der Waals surface area contributed by atoms with E-state index < -0.39 is 0 Å². The molecule has 4 heteroatoms. The molecule has 0 saturated heterocycles. The molecule has 102 valence electrons. The third kappa shape index (κ3) is 3.64. The third-order valence-corrected chi connectivity index (χ3v) is 2.98. The lowest BCUT2D eigenvalue weighted by atomic mass is 10.2. The number of para-hydroxylation sites is 2. The van der Waals surface area contributed by atoms with Gasteiger partial charge >= 0.3 is 0 Å². The van der Waals surface area contributed by atoms with E-state index in [1.165, 1.54) is 0 Å². The molecule has 0 unspecified atom stereocenters. The van der Waals surface area contributed by atoms with Gasteiger partial charge in [-0.15, -0.1) is 0 Å². The van der Waals surface area contributed by atoms with Crippen molar-refractivity contribution in [2.45, 2.75) is 20.3 Å². The summed E-state index contributed by atoms with van der Waals surface area (Å²) < 4.78 is 0. The van der Waals surface area contributed by atoms with Gasteiger partial charge in [0.05, 0.1) is 17.2 Å². The van der Waals surface area contributed by atoms with Crippen molar-refractivity contribution in [1.82, 2.24) is 9.97 Å². The SMILES string of the molecule is CC(C)CN(CCCN)c1cnc2ccccc2n1. The van der Waals surface area contributed by atoms with Crippen LogP contribution in [0, 0.1) is 5.92 Å². The van der Waals surface area contributed by atoms with E-state index in [0.29, 0.717) is 12.5 Å². The maximum Gasteiger partial charge on any atom is 0.147 e. The van der Waals surface area contributed by atoms with E-state index in [2.05, 4.69) is 23.7 Å². The molecule has 0 bridgehead atoms. The monoisotopic (exact) mass is 258 g/mol. The Morgan fingerprint density at radius 2 is 1.95 bits per heavy atom. The molecule has 0 aliphatic rings. The maximum atomic E-state index is 5.61. The Balaban J connectivity index is 2.26. The standard InChI is InChI=1S/C15H22N4/c1-12(2)11-19(9-5-8-16)15-10-17-13-6-3-4-7-14(13)18-15/h3-4,6-7,10,12H,5,8-9,11,16H2,1-2H3. The topological polar surface area (TPSA) is 55.0 Å². The number of anilines is 1. The van der Waals surface area contributed by atoms with Gasteiger partial charge in [0.15, 0.2) is 0 Å². The molecule has 0 saturated carbocycles. The predicted molar refractivity (Wildman–Crippen MR) is 80.3 cm³/mol. The lowest BCUT2D eigenvalue weighted by Gasteiger charge is -2.25. The fraction of sp³-hybridized carbons (Fsp3) is 0.467. The Labute approximate surface area is 114 Å². The number of hydrogen-bond acceptors (Lipinski definition) is 4.